The first kappa shape index (κ1) is 8.69. The Balaban J connectivity index is 2.54. The largest absolute Gasteiger partial charge is 0.378 e. The van der Waals surface area contributed by atoms with Gasteiger partial charge in [-0.1, -0.05) is 0 Å². The van der Waals surface area contributed by atoms with Gasteiger partial charge in [-0.3, -0.25) is 4.79 Å². The van der Waals surface area contributed by atoms with E-state index in [2.05, 4.69) is 21.2 Å². The predicted molar refractivity (Wildman–Crippen MR) is 51.3 cm³/mol. The number of anilines is 1. The van der Waals surface area contributed by atoms with Gasteiger partial charge in [0.05, 0.1) is 11.0 Å². The van der Waals surface area contributed by atoms with Crippen molar-refractivity contribution in [3.8, 4) is 0 Å². The zero-order valence-corrected chi connectivity index (χ0v) is 8.32. The number of halogens is 2. The quantitative estimate of drug-likeness (QED) is 0.757. The number of nitrogens with one attached hydrogen (secondary N) is 1. The summed E-state index contributed by atoms with van der Waals surface area (Å²) in [5.74, 6) is -0.242. The molecule has 13 heavy (non-hydrogen) atoms. The molecule has 2 rings (SSSR count). The van der Waals surface area contributed by atoms with E-state index in [0.717, 1.165) is 11.3 Å². The standard InChI is InChI=1S/C9H7BrFNO/c10-9-6-3-5(13)4-12-8(6)2-1-7(9)11/h1-2,12H,3-4H2. The summed E-state index contributed by atoms with van der Waals surface area (Å²) < 4.78 is 13.4. The number of fused-ring (bicyclic) bond motifs is 1. The average Bonchev–Trinajstić information content (AvgIpc) is 2.12. The van der Waals surface area contributed by atoms with Crippen molar-refractivity contribution in [2.45, 2.75) is 6.42 Å². The lowest BCUT2D eigenvalue weighted by Gasteiger charge is -2.18. The lowest BCUT2D eigenvalue weighted by molar-refractivity contribution is -0.117. The molecule has 0 atom stereocenters. The Bertz CT molecular complexity index is 378. The van der Waals surface area contributed by atoms with Gasteiger partial charge in [-0.05, 0) is 33.6 Å². The van der Waals surface area contributed by atoms with Crippen LogP contribution in [-0.4, -0.2) is 12.3 Å². The van der Waals surface area contributed by atoms with E-state index >= 15 is 0 Å². The topological polar surface area (TPSA) is 29.1 Å². The number of hydrogen-bond acceptors (Lipinski definition) is 2. The monoisotopic (exact) mass is 243 g/mol. The van der Waals surface area contributed by atoms with Crippen LogP contribution in [-0.2, 0) is 11.2 Å². The van der Waals surface area contributed by atoms with Crippen molar-refractivity contribution in [1.82, 2.24) is 0 Å². The van der Waals surface area contributed by atoms with Crippen molar-refractivity contribution in [2.75, 3.05) is 11.9 Å². The minimum atomic E-state index is -0.324. The molecule has 0 radical (unpaired) electrons. The third-order valence-corrected chi connectivity index (χ3v) is 2.90. The molecule has 1 heterocycles. The number of carbonyl (C=O) groups is 1. The third-order valence-electron chi connectivity index (χ3n) is 2.05. The van der Waals surface area contributed by atoms with Gasteiger partial charge in [-0.2, -0.15) is 0 Å². The van der Waals surface area contributed by atoms with Gasteiger partial charge >= 0.3 is 0 Å². The normalized spacial score (nSPS) is 15.1. The van der Waals surface area contributed by atoms with Crippen molar-refractivity contribution >= 4 is 27.4 Å². The van der Waals surface area contributed by atoms with Gasteiger partial charge in [0.25, 0.3) is 0 Å². The summed E-state index contributed by atoms with van der Waals surface area (Å²) in [6, 6.07) is 3.04. The molecule has 4 heteroatoms. The Morgan fingerprint density at radius 3 is 3.00 bits per heavy atom. The summed E-state index contributed by atoms with van der Waals surface area (Å²) in [5.41, 5.74) is 1.56. The zero-order valence-electron chi connectivity index (χ0n) is 6.73. The molecule has 0 spiro atoms. The molecule has 0 bridgehead atoms. The van der Waals surface area contributed by atoms with Crippen molar-refractivity contribution < 1.29 is 9.18 Å². The molecule has 68 valence electrons. The number of carbonyl (C=O) groups excluding carboxylic acids is 1. The molecular weight excluding hydrogens is 237 g/mol. The van der Waals surface area contributed by atoms with Crippen LogP contribution >= 0.6 is 15.9 Å². The van der Waals surface area contributed by atoms with E-state index in [9.17, 15) is 9.18 Å². The summed E-state index contributed by atoms with van der Waals surface area (Å²) in [6.45, 7) is 0.338. The maximum atomic E-state index is 13.0. The minimum absolute atomic E-state index is 0.0822. The zero-order chi connectivity index (χ0) is 9.42. The van der Waals surface area contributed by atoms with Crippen molar-refractivity contribution in [2.24, 2.45) is 0 Å². The van der Waals surface area contributed by atoms with Crippen molar-refractivity contribution in [3.05, 3.63) is 28.0 Å². The van der Waals surface area contributed by atoms with Crippen LogP contribution in [0.2, 0.25) is 0 Å². The summed E-state index contributed by atoms with van der Waals surface area (Å²) >= 11 is 3.13. The Kier molecular flexibility index (Phi) is 2.07. The van der Waals surface area contributed by atoms with E-state index in [1.54, 1.807) is 6.07 Å². The number of benzene rings is 1. The van der Waals surface area contributed by atoms with Gasteiger partial charge in [0.1, 0.15) is 5.82 Å². The molecule has 2 nitrogen and oxygen atoms in total. The highest BCUT2D eigenvalue weighted by atomic mass is 79.9. The Hall–Kier alpha value is -0.900. The van der Waals surface area contributed by atoms with Gasteiger partial charge in [0, 0.05) is 12.1 Å². The molecule has 0 unspecified atom stereocenters. The molecule has 0 fully saturated rings. The molecule has 1 aromatic carbocycles. The molecule has 0 aliphatic carbocycles. The third kappa shape index (κ3) is 1.46. The van der Waals surface area contributed by atoms with E-state index in [-0.39, 0.29) is 11.6 Å². The summed E-state index contributed by atoms with van der Waals surface area (Å²) in [6.07, 6.45) is 0.306. The van der Waals surface area contributed by atoms with Crippen LogP contribution in [0.1, 0.15) is 5.56 Å². The molecule has 0 saturated carbocycles. The fourth-order valence-corrected chi connectivity index (χ4v) is 1.87. The second-order valence-corrected chi connectivity index (χ2v) is 3.75. The van der Waals surface area contributed by atoms with E-state index in [1.807, 2.05) is 0 Å². The van der Waals surface area contributed by atoms with Crippen molar-refractivity contribution in [3.63, 3.8) is 0 Å². The Morgan fingerprint density at radius 1 is 1.46 bits per heavy atom. The fourth-order valence-electron chi connectivity index (χ4n) is 1.38. The van der Waals surface area contributed by atoms with Crippen LogP contribution in [0.3, 0.4) is 0 Å². The molecule has 1 aromatic rings. The van der Waals surface area contributed by atoms with Crippen LogP contribution in [0.4, 0.5) is 10.1 Å². The maximum absolute atomic E-state index is 13.0. The molecular formula is C9H7BrFNO. The SMILES string of the molecule is O=C1CNc2ccc(F)c(Br)c2C1. The van der Waals surface area contributed by atoms with E-state index < -0.39 is 0 Å². The lowest BCUT2D eigenvalue weighted by Crippen LogP contribution is -2.23. The van der Waals surface area contributed by atoms with Gasteiger partial charge in [-0.15, -0.1) is 0 Å². The van der Waals surface area contributed by atoms with E-state index in [4.69, 9.17) is 0 Å². The fraction of sp³-hybridized carbons (Fsp3) is 0.222. The Labute approximate surface area is 83.3 Å². The number of Topliss-reactive ketones (excluding diaryl/α,β-unsaturated/α-hetero) is 1. The molecule has 0 amide bonds. The van der Waals surface area contributed by atoms with Crippen LogP contribution in [0.25, 0.3) is 0 Å². The summed E-state index contributed by atoms with van der Waals surface area (Å²) in [7, 11) is 0. The Morgan fingerprint density at radius 2 is 2.23 bits per heavy atom. The second kappa shape index (κ2) is 3.10. The van der Waals surface area contributed by atoms with E-state index in [0.29, 0.717) is 17.4 Å². The molecule has 1 aliphatic rings. The predicted octanol–water partition coefficient (Wildman–Crippen LogP) is 2.13. The minimum Gasteiger partial charge on any atom is -0.378 e. The highest BCUT2D eigenvalue weighted by Crippen LogP contribution is 2.30. The van der Waals surface area contributed by atoms with E-state index in [1.165, 1.54) is 6.07 Å². The first-order chi connectivity index (χ1) is 6.18. The first-order valence-electron chi connectivity index (χ1n) is 3.91. The molecule has 1 N–H and O–H groups in total. The lowest BCUT2D eigenvalue weighted by atomic mass is 10.0. The molecule has 0 saturated heterocycles. The smallest absolute Gasteiger partial charge is 0.156 e. The first-order valence-corrected chi connectivity index (χ1v) is 4.70. The number of hydrogen-bond donors (Lipinski definition) is 1. The highest BCUT2D eigenvalue weighted by Gasteiger charge is 2.19. The van der Waals surface area contributed by atoms with Crippen molar-refractivity contribution in [1.29, 1.82) is 0 Å². The van der Waals surface area contributed by atoms with Crippen LogP contribution in [0.5, 0.6) is 0 Å². The highest BCUT2D eigenvalue weighted by molar-refractivity contribution is 9.10. The summed E-state index contributed by atoms with van der Waals surface area (Å²) in [4.78, 5) is 11.1. The molecule has 0 aromatic heterocycles. The van der Waals surface area contributed by atoms with Crippen LogP contribution < -0.4 is 5.32 Å². The van der Waals surface area contributed by atoms with Gasteiger partial charge in [-0.25, -0.2) is 4.39 Å². The van der Waals surface area contributed by atoms with Crippen LogP contribution in [0, 0.1) is 5.82 Å². The number of rotatable bonds is 0. The van der Waals surface area contributed by atoms with Crippen LogP contribution in [0.15, 0.2) is 16.6 Å². The molecule has 1 aliphatic heterocycles. The van der Waals surface area contributed by atoms with Gasteiger partial charge < -0.3 is 5.32 Å². The number of ketones is 1. The van der Waals surface area contributed by atoms with Gasteiger partial charge in [0.2, 0.25) is 0 Å². The van der Waals surface area contributed by atoms with Gasteiger partial charge in [0.15, 0.2) is 5.78 Å². The average molecular weight is 244 g/mol. The summed E-state index contributed by atoms with van der Waals surface area (Å²) in [5, 5.41) is 2.93. The second-order valence-electron chi connectivity index (χ2n) is 2.96. The maximum Gasteiger partial charge on any atom is 0.156 e.